The number of anilines is 1. The average Bonchev–Trinajstić information content (AvgIpc) is 3.40. The van der Waals surface area contributed by atoms with Gasteiger partial charge in [-0.1, -0.05) is 12.2 Å². The summed E-state index contributed by atoms with van der Waals surface area (Å²) in [4.78, 5) is 47.5. The minimum Gasteiger partial charge on any atom is -0.465 e. The van der Waals surface area contributed by atoms with Gasteiger partial charge in [-0.15, -0.1) is 0 Å². The molecule has 0 radical (unpaired) electrons. The van der Waals surface area contributed by atoms with E-state index in [1.54, 1.807) is 24.2 Å². The molecule has 2 aromatic heterocycles. The van der Waals surface area contributed by atoms with E-state index in [0.29, 0.717) is 44.0 Å². The number of carbonyl (C=O) groups excluding carboxylic acids is 3. The van der Waals surface area contributed by atoms with Gasteiger partial charge in [0.1, 0.15) is 11.4 Å². The van der Waals surface area contributed by atoms with Crippen LogP contribution in [0.3, 0.4) is 0 Å². The molecule has 10 nitrogen and oxygen atoms in total. The van der Waals surface area contributed by atoms with Crippen LogP contribution in [0.1, 0.15) is 66.4 Å². The number of pyridine rings is 2. The van der Waals surface area contributed by atoms with Gasteiger partial charge in [0.05, 0.1) is 24.7 Å². The molecule has 0 fully saturated rings. The maximum absolute atomic E-state index is 13.1. The Bertz CT molecular complexity index is 1290. The molecule has 3 heterocycles. The van der Waals surface area contributed by atoms with Gasteiger partial charge in [0.25, 0.3) is 0 Å². The first-order chi connectivity index (χ1) is 18.5. The number of hydrogen-bond acceptors (Lipinski definition) is 8. The zero-order valence-corrected chi connectivity index (χ0v) is 23.2. The Kier molecular flexibility index (Phi) is 8.34. The molecule has 2 aromatic rings. The van der Waals surface area contributed by atoms with E-state index < -0.39 is 17.0 Å². The molecule has 1 spiro atoms. The lowest BCUT2D eigenvalue weighted by Crippen LogP contribution is -2.35. The van der Waals surface area contributed by atoms with E-state index >= 15 is 0 Å². The fourth-order valence-electron chi connectivity index (χ4n) is 4.81. The van der Waals surface area contributed by atoms with Crippen LogP contribution < -0.4 is 5.32 Å². The highest BCUT2D eigenvalue weighted by molar-refractivity contribution is 6.06. The summed E-state index contributed by atoms with van der Waals surface area (Å²) in [5, 5.41) is 2.91. The first-order valence-corrected chi connectivity index (χ1v) is 13.1. The monoisotopic (exact) mass is 536 g/mol. The molecule has 208 valence electrons. The molecule has 1 N–H and O–H groups in total. The maximum atomic E-state index is 13.1. The Morgan fingerprint density at radius 3 is 2.69 bits per heavy atom. The second kappa shape index (κ2) is 11.5. The van der Waals surface area contributed by atoms with Crippen LogP contribution in [0, 0.1) is 0 Å². The number of methoxy groups -OCH3 is 1. The highest BCUT2D eigenvalue weighted by atomic mass is 16.6. The summed E-state index contributed by atoms with van der Waals surface area (Å²) in [6.45, 7) is 7.17. The number of rotatable bonds is 9. The number of nitrogens with one attached hydrogen (secondary N) is 1. The molecule has 0 bridgehead atoms. The molecule has 10 heteroatoms. The number of carbonyl (C=O) groups is 3. The number of esters is 1. The van der Waals surface area contributed by atoms with Crippen LogP contribution in [0.2, 0.25) is 0 Å². The van der Waals surface area contributed by atoms with Crippen molar-refractivity contribution in [1.82, 2.24) is 14.9 Å². The van der Waals surface area contributed by atoms with Crippen LogP contribution in [0.5, 0.6) is 0 Å². The van der Waals surface area contributed by atoms with E-state index in [-0.39, 0.29) is 12.0 Å². The fraction of sp³-hybridized carbons (Fsp3) is 0.483. The summed E-state index contributed by atoms with van der Waals surface area (Å²) in [5.41, 5.74) is 2.45. The van der Waals surface area contributed by atoms with Gasteiger partial charge < -0.3 is 24.4 Å². The van der Waals surface area contributed by atoms with Crippen LogP contribution in [0.4, 0.5) is 10.6 Å². The molecule has 0 unspecified atom stereocenters. The van der Waals surface area contributed by atoms with E-state index in [1.807, 2.05) is 39.0 Å². The quantitative estimate of drug-likeness (QED) is 0.378. The first-order valence-electron chi connectivity index (χ1n) is 13.1. The molecule has 1 aliphatic carbocycles. The van der Waals surface area contributed by atoms with E-state index in [4.69, 9.17) is 14.2 Å². The van der Waals surface area contributed by atoms with E-state index in [9.17, 15) is 14.4 Å². The number of unbranched alkanes of at least 4 members (excludes halogenated alkanes) is 1. The molecule has 1 aliphatic heterocycles. The zero-order valence-electron chi connectivity index (χ0n) is 23.2. The van der Waals surface area contributed by atoms with Gasteiger partial charge in [-0.05, 0) is 63.3 Å². The number of hydrogen-bond donors (Lipinski definition) is 1. The fourth-order valence-corrected chi connectivity index (χ4v) is 4.81. The Labute approximate surface area is 228 Å². The normalized spacial score (nSPS) is 17.7. The molecular formula is C29H36N4O6. The highest BCUT2D eigenvalue weighted by Crippen LogP contribution is 2.46. The van der Waals surface area contributed by atoms with Crippen LogP contribution in [-0.2, 0) is 37.3 Å². The number of fused-ring (bicyclic) bond motifs is 3. The van der Waals surface area contributed by atoms with Crippen molar-refractivity contribution < 1.29 is 28.6 Å². The summed E-state index contributed by atoms with van der Waals surface area (Å²) in [7, 11) is 3.06. The van der Waals surface area contributed by atoms with Gasteiger partial charge in [-0.2, -0.15) is 0 Å². The van der Waals surface area contributed by atoms with Crippen molar-refractivity contribution in [2.45, 2.75) is 57.5 Å². The topological polar surface area (TPSA) is 120 Å². The third kappa shape index (κ3) is 6.44. The molecule has 2 amide bonds. The van der Waals surface area contributed by atoms with Crippen LogP contribution in [0.15, 0.2) is 30.6 Å². The molecule has 39 heavy (non-hydrogen) atoms. The number of amides is 2. The SMILES string of the molecule is COC(=O)c1cnc2c(c1)C[C@@]1(C2)C(=O)Nc2ncc(/C=C/COCCCCN(C)C(=O)OC(C)(C)C)cc21. The maximum Gasteiger partial charge on any atom is 0.410 e. The molecule has 4 rings (SSSR count). The number of nitrogens with zero attached hydrogens (tertiary/aromatic N) is 3. The number of ether oxygens (including phenoxy) is 3. The van der Waals surface area contributed by atoms with Gasteiger partial charge in [-0.25, -0.2) is 14.6 Å². The van der Waals surface area contributed by atoms with Crippen molar-refractivity contribution in [2.75, 3.05) is 39.2 Å². The Hall–Kier alpha value is -3.79. The molecule has 0 saturated carbocycles. The second-order valence-corrected chi connectivity index (χ2v) is 11.0. The molecule has 1 atom stereocenters. The van der Waals surface area contributed by atoms with Gasteiger partial charge in [0, 0.05) is 50.3 Å². The summed E-state index contributed by atoms with van der Waals surface area (Å²) in [6.07, 6.45) is 9.27. The average molecular weight is 537 g/mol. The highest BCUT2D eigenvalue weighted by Gasteiger charge is 2.52. The molecule has 0 aromatic carbocycles. The van der Waals surface area contributed by atoms with E-state index in [1.165, 1.54) is 13.3 Å². The smallest absolute Gasteiger partial charge is 0.410 e. The third-order valence-corrected chi connectivity index (χ3v) is 6.80. The van der Waals surface area contributed by atoms with Crippen molar-refractivity contribution in [3.8, 4) is 0 Å². The zero-order chi connectivity index (χ0) is 28.2. The van der Waals surface area contributed by atoms with E-state index in [0.717, 1.165) is 35.2 Å². The van der Waals surface area contributed by atoms with Gasteiger partial charge in [-0.3, -0.25) is 9.78 Å². The third-order valence-electron chi connectivity index (χ3n) is 6.80. The van der Waals surface area contributed by atoms with Crippen molar-refractivity contribution in [3.63, 3.8) is 0 Å². The summed E-state index contributed by atoms with van der Waals surface area (Å²) in [6, 6.07) is 3.74. The summed E-state index contributed by atoms with van der Waals surface area (Å²) in [5.74, 6) is 0.00195. The Balaban J connectivity index is 1.29. The van der Waals surface area contributed by atoms with Crippen LogP contribution >= 0.6 is 0 Å². The Morgan fingerprint density at radius 1 is 1.15 bits per heavy atom. The van der Waals surface area contributed by atoms with Gasteiger partial charge in [0.2, 0.25) is 5.91 Å². The lowest BCUT2D eigenvalue weighted by Gasteiger charge is -2.24. The number of aromatic nitrogens is 2. The van der Waals surface area contributed by atoms with Gasteiger partial charge in [0.15, 0.2) is 0 Å². The van der Waals surface area contributed by atoms with Crippen LogP contribution in [0.25, 0.3) is 6.08 Å². The van der Waals surface area contributed by atoms with Crippen molar-refractivity contribution in [1.29, 1.82) is 0 Å². The molecular weight excluding hydrogens is 500 g/mol. The minimum atomic E-state index is -0.792. The van der Waals surface area contributed by atoms with Crippen LogP contribution in [-0.4, -0.2) is 72.4 Å². The van der Waals surface area contributed by atoms with Crippen molar-refractivity contribution in [3.05, 3.63) is 58.6 Å². The summed E-state index contributed by atoms with van der Waals surface area (Å²) >= 11 is 0. The first kappa shape index (κ1) is 28.2. The van der Waals surface area contributed by atoms with Gasteiger partial charge >= 0.3 is 12.1 Å². The van der Waals surface area contributed by atoms with Crippen molar-refractivity contribution >= 4 is 29.9 Å². The lowest BCUT2D eigenvalue weighted by molar-refractivity contribution is -0.120. The minimum absolute atomic E-state index is 0.107. The molecule has 2 aliphatic rings. The lowest BCUT2D eigenvalue weighted by atomic mass is 9.79. The standard InChI is InChI=1S/C29H36N4O6/c1-28(2,3)39-27(36)33(4)10-6-7-11-38-12-8-9-19-13-22-24(31-17-19)32-26(35)29(22)15-20-14-21(25(34)37-5)18-30-23(20)16-29/h8-9,13-14,17-18H,6-7,10-12,15-16H2,1-5H3,(H,31,32,35)/b9-8+/t29-/m0/s1. The molecule has 0 saturated heterocycles. The predicted molar refractivity (Wildman–Crippen MR) is 145 cm³/mol. The van der Waals surface area contributed by atoms with E-state index in [2.05, 4.69) is 15.3 Å². The Morgan fingerprint density at radius 2 is 1.95 bits per heavy atom. The second-order valence-electron chi connectivity index (χ2n) is 11.0. The largest absolute Gasteiger partial charge is 0.465 e. The summed E-state index contributed by atoms with van der Waals surface area (Å²) < 4.78 is 15.9. The van der Waals surface area contributed by atoms with Crippen molar-refractivity contribution in [2.24, 2.45) is 0 Å². The predicted octanol–water partition coefficient (Wildman–Crippen LogP) is 3.93.